The molecule has 3 nitrogen and oxygen atoms in total. The van der Waals surface area contributed by atoms with E-state index in [1.807, 2.05) is 25.1 Å². The molecule has 0 saturated heterocycles. The maximum atomic E-state index is 11.6. The molecule has 0 aliphatic rings. The van der Waals surface area contributed by atoms with Crippen molar-refractivity contribution in [3.63, 3.8) is 0 Å². The molecule has 0 bridgehead atoms. The first-order valence-corrected chi connectivity index (χ1v) is 5.72. The van der Waals surface area contributed by atoms with Gasteiger partial charge in [0.1, 0.15) is 0 Å². The van der Waals surface area contributed by atoms with Gasteiger partial charge in [-0.15, -0.1) is 0 Å². The highest BCUT2D eigenvalue weighted by Crippen LogP contribution is 2.07. The highest BCUT2D eigenvalue weighted by Gasteiger charge is 1.99. The van der Waals surface area contributed by atoms with Gasteiger partial charge in [-0.3, -0.25) is 9.78 Å². The van der Waals surface area contributed by atoms with Crippen molar-refractivity contribution in [1.82, 2.24) is 9.55 Å². The standard InChI is InChI=1S/C12H11BrN2O/c1-9-4-5-15(12(16)6-9)8-11-3-2-10(13)7-14-11/h2-7H,8H2,1H3. The van der Waals surface area contributed by atoms with Gasteiger partial charge in [-0.1, -0.05) is 0 Å². The summed E-state index contributed by atoms with van der Waals surface area (Å²) in [6, 6.07) is 7.36. The van der Waals surface area contributed by atoms with Crippen LogP contribution in [0.4, 0.5) is 0 Å². The molecule has 0 aliphatic heterocycles. The zero-order chi connectivity index (χ0) is 11.5. The fourth-order valence-electron chi connectivity index (χ4n) is 1.41. The largest absolute Gasteiger partial charge is 0.310 e. The van der Waals surface area contributed by atoms with Crippen molar-refractivity contribution in [1.29, 1.82) is 0 Å². The van der Waals surface area contributed by atoms with E-state index in [1.54, 1.807) is 23.0 Å². The summed E-state index contributed by atoms with van der Waals surface area (Å²) in [7, 11) is 0. The van der Waals surface area contributed by atoms with Gasteiger partial charge in [-0.25, -0.2) is 0 Å². The second-order valence-electron chi connectivity index (χ2n) is 3.64. The lowest BCUT2D eigenvalue weighted by atomic mass is 10.3. The number of hydrogen-bond acceptors (Lipinski definition) is 2. The fraction of sp³-hybridized carbons (Fsp3) is 0.167. The van der Waals surface area contributed by atoms with Crippen LogP contribution < -0.4 is 5.56 Å². The van der Waals surface area contributed by atoms with E-state index >= 15 is 0 Å². The lowest BCUT2D eigenvalue weighted by Crippen LogP contribution is -2.19. The maximum Gasteiger partial charge on any atom is 0.251 e. The molecule has 0 saturated carbocycles. The summed E-state index contributed by atoms with van der Waals surface area (Å²) in [5.41, 5.74) is 1.85. The van der Waals surface area contributed by atoms with Gasteiger partial charge >= 0.3 is 0 Å². The van der Waals surface area contributed by atoms with Crippen LogP contribution >= 0.6 is 15.9 Å². The monoisotopic (exact) mass is 278 g/mol. The average molecular weight is 279 g/mol. The van der Waals surface area contributed by atoms with Crippen LogP contribution in [0, 0.1) is 6.92 Å². The second-order valence-corrected chi connectivity index (χ2v) is 4.55. The summed E-state index contributed by atoms with van der Waals surface area (Å²) < 4.78 is 2.58. The quantitative estimate of drug-likeness (QED) is 0.845. The van der Waals surface area contributed by atoms with Gasteiger partial charge in [-0.2, -0.15) is 0 Å². The number of nitrogens with zero attached hydrogens (tertiary/aromatic N) is 2. The SMILES string of the molecule is Cc1ccn(Cc2ccc(Br)cn2)c(=O)c1. The Labute approximate surface area is 102 Å². The molecule has 0 unspecified atom stereocenters. The van der Waals surface area contributed by atoms with Crippen molar-refractivity contribution < 1.29 is 0 Å². The Hall–Kier alpha value is -1.42. The van der Waals surface area contributed by atoms with Gasteiger partial charge in [0.05, 0.1) is 12.2 Å². The summed E-state index contributed by atoms with van der Waals surface area (Å²) in [6.07, 6.45) is 3.52. The first-order valence-electron chi connectivity index (χ1n) is 4.93. The molecule has 0 aliphatic carbocycles. The highest BCUT2D eigenvalue weighted by atomic mass is 79.9. The Morgan fingerprint density at radius 1 is 1.38 bits per heavy atom. The molecule has 2 aromatic heterocycles. The molecule has 0 radical (unpaired) electrons. The summed E-state index contributed by atoms with van der Waals surface area (Å²) in [5.74, 6) is 0. The Balaban J connectivity index is 2.27. The Kier molecular flexibility index (Phi) is 3.19. The highest BCUT2D eigenvalue weighted by molar-refractivity contribution is 9.10. The van der Waals surface area contributed by atoms with Crippen LogP contribution in [0.5, 0.6) is 0 Å². The van der Waals surface area contributed by atoms with Crippen molar-refractivity contribution >= 4 is 15.9 Å². The van der Waals surface area contributed by atoms with Crippen LogP contribution in [0.2, 0.25) is 0 Å². The van der Waals surface area contributed by atoms with E-state index in [0.29, 0.717) is 6.54 Å². The van der Waals surface area contributed by atoms with E-state index in [1.165, 1.54) is 0 Å². The fourth-order valence-corrected chi connectivity index (χ4v) is 1.65. The molecule has 4 heteroatoms. The summed E-state index contributed by atoms with van der Waals surface area (Å²) in [5, 5.41) is 0. The van der Waals surface area contributed by atoms with Gasteiger partial charge < -0.3 is 4.57 Å². The van der Waals surface area contributed by atoms with Crippen LogP contribution in [-0.2, 0) is 6.54 Å². The van der Waals surface area contributed by atoms with E-state index in [0.717, 1.165) is 15.7 Å². The van der Waals surface area contributed by atoms with Gasteiger partial charge in [0.15, 0.2) is 0 Å². The summed E-state index contributed by atoms with van der Waals surface area (Å²) in [4.78, 5) is 15.9. The first-order chi connectivity index (χ1) is 7.65. The van der Waals surface area contributed by atoms with E-state index in [4.69, 9.17) is 0 Å². The van der Waals surface area contributed by atoms with E-state index in [-0.39, 0.29) is 5.56 Å². The van der Waals surface area contributed by atoms with Gasteiger partial charge in [0, 0.05) is 22.9 Å². The molecular formula is C12H11BrN2O. The Morgan fingerprint density at radius 3 is 2.81 bits per heavy atom. The van der Waals surface area contributed by atoms with Crippen molar-refractivity contribution in [3.8, 4) is 0 Å². The lowest BCUT2D eigenvalue weighted by Gasteiger charge is -2.05. The topological polar surface area (TPSA) is 34.9 Å². The average Bonchev–Trinajstić information content (AvgIpc) is 2.25. The van der Waals surface area contributed by atoms with E-state index in [9.17, 15) is 4.79 Å². The first kappa shape index (κ1) is 11.1. The smallest absolute Gasteiger partial charge is 0.251 e. The normalized spacial score (nSPS) is 10.4. The van der Waals surface area contributed by atoms with Crippen molar-refractivity contribution in [3.05, 3.63) is 62.7 Å². The Bertz CT molecular complexity index is 546. The molecule has 0 atom stereocenters. The summed E-state index contributed by atoms with van der Waals surface area (Å²) >= 11 is 3.32. The summed E-state index contributed by atoms with van der Waals surface area (Å²) in [6.45, 7) is 2.41. The van der Waals surface area contributed by atoms with Crippen LogP contribution in [0.1, 0.15) is 11.3 Å². The van der Waals surface area contributed by atoms with Crippen molar-refractivity contribution in [2.45, 2.75) is 13.5 Å². The van der Waals surface area contributed by atoms with Gasteiger partial charge in [0.25, 0.3) is 5.56 Å². The van der Waals surface area contributed by atoms with E-state index in [2.05, 4.69) is 20.9 Å². The minimum Gasteiger partial charge on any atom is -0.310 e. The molecule has 2 heterocycles. The molecule has 0 fully saturated rings. The number of aryl methyl sites for hydroxylation is 1. The lowest BCUT2D eigenvalue weighted by molar-refractivity contribution is 0.737. The number of rotatable bonds is 2. The zero-order valence-electron chi connectivity index (χ0n) is 8.85. The van der Waals surface area contributed by atoms with Gasteiger partial charge in [-0.05, 0) is 46.6 Å². The van der Waals surface area contributed by atoms with Crippen LogP contribution in [0.3, 0.4) is 0 Å². The maximum absolute atomic E-state index is 11.6. The van der Waals surface area contributed by atoms with Crippen LogP contribution in [0.25, 0.3) is 0 Å². The molecular weight excluding hydrogens is 268 g/mol. The Morgan fingerprint density at radius 2 is 2.19 bits per heavy atom. The molecule has 82 valence electrons. The second kappa shape index (κ2) is 4.61. The third-order valence-corrected chi connectivity index (χ3v) is 2.74. The number of pyridine rings is 2. The molecule has 16 heavy (non-hydrogen) atoms. The third kappa shape index (κ3) is 2.58. The van der Waals surface area contributed by atoms with Crippen molar-refractivity contribution in [2.24, 2.45) is 0 Å². The minimum absolute atomic E-state index is 0.00437. The molecule has 0 aromatic carbocycles. The van der Waals surface area contributed by atoms with Crippen LogP contribution in [-0.4, -0.2) is 9.55 Å². The third-order valence-electron chi connectivity index (χ3n) is 2.27. The number of halogens is 1. The predicted molar refractivity (Wildman–Crippen MR) is 66.5 cm³/mol. The minimum atomic E-state index is 0.00437. The predicted octanol–water partition coefficient (Wildman–Crippen LogP) is 2.36. The number of hydrogen-bond donors (Lipinski definition) is 0. The van der Waals surface area contributed by atoms with Gasteiger partial charge in [0.2, 0.25) is 0 Å². The molecule has 0 spiro atoms. The van der Waals surface area contributed by atoms with Crippen molar-refractivity contribution in [2.75, 3.05) is 0 Å². The molecule has 0 N–H and O–H groups in total. The number of aromatic nitrogens is 2. The van der Waals surface area contributed by atoms with Crippen LogP contribution in [0.15, 0.2) is 45.9 Å². The van der Waals surface area contributed by atoms with E-state index < -0.39 is 0 Å². The zero-order valence-corrected chi connectivity index (χ0v) is 10.4. The molecule has 0 amide bonds. The molecule has 2 rings (SSSR count). The molecule has 2 aromatic rings.